The molecule has 100 valence electrons. The second-order valence-corrected chi connectivity index (χ2v) is 4.94. The Morgan fingerprint density at radius 1 is 1.32 bits per heavy atom. The maximum atomic E-state index is 5.88. The van der Waals surface area contributed by atoms with Crippen molar-refractivity contribution in [1.29, 1.82) is 0 Å². The van der Waals surface area contributed by atoms with Gasteiger partial charge in [-0.05, 0) is 44.7 Å². The van der Waals surface area contributed by atoms with Gasteiger partial charge < -0.3 is 10.5 Å². The zero-order valence-electron chi connectivity index (χ0n) is 11.1. The molecule has 1 saturated carbocycles. The van der Waals surface area contributed by atoms with Gasteiger partial charge in [-0.25, -0.2) is 4.98 Å². The fraction of sp³-hybridized carbons (Fsp3) is 0.462. The van der Waals surface area contributed by atoms with E-state index in [0.29, 0.717) is 29.9 Å². The number of aryl methyl sites for hydroxylation is 2. The Balaban J connectivity index is 1.89. The van der Waals surface area contributed by atoms with Crippen molar-refractivity contribution in [2.75, 3.05) is 12.3 Å². The maximum absolute atomic E-state index is 5.88. The molecule has 0 amide bonds. The number of ether oxygens (including phenoxy) is 1. The summed E-state index contributed by atoms with van der Waals surface area (Å²) in [4.78, 5) is 8.69. The van der Waals surface area contributed by atoms with Gasteiger partial charge in [-0.2, -0.15) is 9.67 Å². The van der Waals surface area contributed by atoms with Crippen LogP contribution in [0.4, 0.5) is 5.69 Å². The first-order chi connectivity index (χ1) is 9.13. The minimum atomic E-state index is 0.483. The van der Waals surface area contributed by atoms with Crippen LogP contribution in [0.2, 0.25) is 0 Å². The minimum Gasteiger partial charge on any atom is -0.476 e. The van der Waals surface area contributed by atoms with Gasteiger partial charge in [0.05, 0.1) is 12.3 Å². The lowest BCUT2D eigenvalue weighted by molar-refractivity contribution is 0.290. The summed E-state index contributed by atoms with van der Waals surface area (Å²) >= 11 is 0. The molecule has 0 unspecified atom stereocenters. The van der Waals surface area contributed by atoms with E-state index in [9.17, 15) is 0 Å². The quantitative estimate of drug-likeness (QED) is 0.903. The third kappa shape index (κ3) is 2.52. The normalized spacial score (nSPS) is 14.6. The molecule has 3 rings (SSSR count). The van der Waals surface area contributed by atoms with Crippen molar-refractivity contribution < 1.29 is 4.74 Å². The summed E-state index contributed by atoms with van der Waals surface area (Å²) in [5.74, 6) is 3.34. The van der Waals surface area contributed by atoms with Gasteiger partial charge in [-0.3, -0.25) is 0 Å². The first-order valence-corrected chi connectivity index (χ1v) is 6.43. The third-order valence-electron chi connectivity index (χ3n) is 3.12. The second-order valence-electron chi connectivity index (χ2n) is 4.94. The fourth-order valence-corrected chi connectivity index (χ4v) is 1.89. The van der Waals surface area contributed by atoms with Crippen molar-refractivity contribution in [3.63, 3.8) is 0 Å². The molecule has 0 spiro atoms. The first-order valence-electron chi connectivity index (χ1n) is 6.43. The van der Waals surface area contributed by atoms with Crippen LogP contribution in [0, 0.1) is 19.8 Å². The summed E-state index contributed by atoms with van der Waals surface area (Å²) in [5, 5.41) is 4.31. The minimum absolute atomic E-state index is 0.483. The predicted molar refractivity (Wildman–Crippen MR) is 71.3 cm³/mol. The van der Waals surface area contributed by atoms with Gasteiger partial charge in [0.25, 0.3) is 0 Å². The molecule has 1 aliphatic rings. The van der Waals surface area contributed by atoms with Crippen molar-refractivity contribution in [3.05, 3.63) is 23.8 Å². The summed E-state index contributed by atoms with van der Waals surface area (Å²) in [6, 6.07) is 3.61. The Morgan fingerprint density at radius 3 is 2.74 bits per heavy atom. The topological polar surface area (TPSA) is 78.9 Å². The lowest BCUT2D eigenvalue weighted by Crippen LogP contribution is -2.08. The second kappa shape index (κ2) is 4.53. The van der Waals surface area contributed by atoms with Crippen molar-refractivity contribution >= 4 is 5.69 Å². The summed E-state index contributed by atoms with van der Waals surface area (Å²) < 4.78 is 7.37. The van der Waals surface area contributed by atoms with E-state index in [2.05, 4.69) is 15.1 Å². The molecular weight excluding hydrogens is 242 g/mol. The van der Waals surface area contributed by atoms with E-state index in [-0.39, 0.29) is 0 Å². The average Bonchev–Trinajstić information content (AvgIpc) is 3.13. The number of pyridine rings is 1. The number of hydrogen-bond donors (Lipinski definition) is 1. The number of anilines is 1. The highest BCUT2D eigenvalue weighted by molar-refractivity contribution is 5.50. The summed E-state index contributed by atoms with van der Waals surface area (Å²) in [6.45, 7) is 4.43. The highest BCUT2D eigenvalue weighted by atomic mass is 16.5. The zero-order chi connectivity index (χ0) is 13.4. The molecule has 19 heavy (non-hydrogen) atoms. The third-order valence-corrected chi connectivity index (χ3v) is 3.12. The van der Waals surface area contributed by atoms with Gasteiger partial charge in [0, 0.05) is 0 Å². The zero-order valence-corrected chi connectivity index (χ0v) is 11.1. The standard InChI is InChI=1S/C13H17N5O/c1-8-15-9(2)18(17-8)12-6-5-11(14)13(16-12)19-7-10-3-4-10/h5-6,10H,3-4,7,14H2,1-2H3. The van der Waals surface area contributed by atoms with Gasteiger partial charge in [-0.1, -0.05) is 0 Å². The van der Waals surface area contributed by atoms with Crippen LogP contribution in [0.15, 0.2) is 12.1 Å². The van der Waals surface area contributed by atoms with Crippen LogP contribution in [0.1, 0.15) is 24.5 Å². The van der Waals surface area contributed by atoms with E-state index in [0.717, 1.165) is 11.6 Å². The summed E-state index contributed by atoms with van der Waals surface area (Å²) in [7, 11) is 0. The van der Waals surface area contributed by atoms with Crippen molar-refractivity contribution in [3.8, 4) is 11.7 Å². The Labute approximate surface area is 111 Å². The van der Waals surface area contributed by atoms with Crippen molar-refractivity contribution in [1.82, 2.24) is 19.7 Å². The monoisotopic (exact) mass is 259 g/mol. The lowest BCUT2D eigenvalue weighted by atomic mass is 10.4. The molecule has 0 radical (unpaired) electrons. The number of rotatable bonds is 4. The van der Waals surface area contributed by atoms with E-state index in [1.807, 2.05) is 19.9 Å². The molecule has 2 heterocycles. The Kier molecular flexibility index (Phi) is 2.85. The van der Waals surface area contributed by atoms with Crippen LogP contribution >= 0.6 is 0 Å². The molecule has 2 N–H and O–H groups in total. The predicted octanol–water partition coefficient (Wildman–Crippen LogP) is 1.65. The smallest absolute Gasteiger partial charge is 0.239 e. The van der Waals surface area contributed by atoms with E-state index < -0.39 is 0 Å². The Hall–Kier alpha value is -2.11. The lowest BCUT2D eigenvalue weighted by Gasteiger charge is -2.09. The van der Waals surface area contributed by atoms with E-state index >= 15 is 0 Å². The van der Waals surface area contributed by atoms with Crippen molar-refractivity contribution in [2.24, 2.45) is 5.92 Å². The highest BCUT2D eigenvalue weighted by Crippen LogP contribution is 2.30. The first kappa shape index (κ1) is 12.0. The van der Waals surface area contributed by atoms with Gasteiger partial charge in [0.2, 0.25) is 5.88 Å². The molecule has 1 fully saturated rings. The van der Waals surface area contributed by atoms with Crippen molar-refractivity contribution in [2.45, 2.75) is 26.7 Å². The molecule has 0 saturated heterocycles. The molecule has 0 aromatic carbocycles. The van der Waals surface area contributed by atoms with E-state index in [4.69, 9.17) is 10.5 Å². The SMILES string of the molecule is Cc1nc(C)n(-c2ccc(N)c(OCC3CC3)n2)n1. The molecule has 0 atom stereocenters. The number of aromatic nitrogens is 4. The number of hydrogen-bond acceptors (Lipinski definition) is 5. The van der Waals surface area contributed by atoms with Gasteiger partial charge in [0.15, 0.2) is 5.82 Å². The molecule has 1 aliphatic carbocycles. The molecule has 0 bridgehead atoms. The van der Waals surface area contributed by atoms with Crippen LogP contribution in [0.5, 0.6) is 5.88 Å². The molecule has 0 aliphatic heterocycles. The van der Waals surface area contributed by atoms with E-state index in [1.165, 1.54) is 12.8 Å². The summed E-state index contributed by atoms with van der Waals surface area (Å²) in [5.41, 5.74) is 6.44. The molecule has 6 heteroatoms. The van der Waals surface area contributed by atoms with Gasteiger partial charge in [0.1, 0.15) is 11.6 Å². The largest absolute Gasteiger partial charge is 0.476 e. The molecular formula is C13H17N5O. The van der Waals surface area contributed by atoms with Crippen LogP contribution in [0.3, 0.4) is 0 Å². The van der Waals surface area contributed by atoms with Gasteiger partial charge in [-0.15, -0.1) is 5.10 Å². The maximum Gasteiger partial charge on any atom is 0.239 e. The van der Waals surface area contributed by atoms with Gasteiger partial charge >= 0.3 is 0 Å². The fourth-order valence-electron chi connectivity index (χ4n) is 1.89. The Morgan fingerprint density at radius 2 is 2.11 bits per heavy atom. The van der Waals surface area contributed by atoms with Crippen LogP contribution in [0.25, 0.3) is 5.82 Å². The molecule has 2 aromatic rings. The number of nitrogens with zero attached hydrogens (tertiary/aromatic N) is 4. The van der Waals surface area contributed by atoms with Crippen LogP contribution < -0.4 is 10.5 Å². The van der Waals surface area contributed by atoms with Crippen LogP contribution in [-0.4, -0.2) is 26.4 Å². The van der Waals surface area contributed by atoms with Crippen LogP contribution in [-0.2, 0) is 0 Å². The molecule has 2 aromatic heterocycles. The summed E-state index contributed by atoms with van der Waals surface area (Å²) in [6.07, 6.45) is 2.47. The highest BCUT2D eigenvalue weighted by Gasteiger charge is 2.22. The molecule has 6 nitrogen and oxygen atoms in total. The average molecular weight is 259 g/mol. The number of nitrogens with two attached hydrogens (primary N) is 1. The Bertz CT molecular complexity index is 603. The number of nitrogen functional groups attached to an aromatic ring is 1. The van der Waals surface area contributed by atoms with E-state index in [1.54, 1.807) is 10.7 Å².